The van der Waals surface area contributed by atoms with Crippen LogP contribution in [-0.4, -0.2) is 13.2 Å². The number of fused-ring (bicyclic) bond motifs is 4. The fourth-order valence-corrected chi connectivity index (χ4v) is 4.16. The maximum absolute atomic E-state index is 6.65. The number of rotatable bonds is 1. The Morgan fingerprint density at radius 1 is 1.26 bits per heavy atom. The summed E-state index contributed by atoms with van der Waals surface area (Å²) < 4.78 is 5.41. The Hall–Kier alpha value is -1.02. The van der Waals surface area contributed by atoms with Crippen molar-refractivity contribution in [2.75, 3.05) is 7.11 Å². The van der Waals surface area contributed by atoms with E-state index in [2.05, 4.69) is 25.1 Å². The summed E-state index contributed by atoms with van der Waals surface area (Å²) in [5.74, 6) is 1.62. The minimum atomic E-state index is 0.132. The Balaban J connectivity index is 2.09. The highest BCUT2D eigenvalue weighted by atomic mass is 16.5. The molecule has 1 aromatic carbocycles. The fraction of sp³-hybridized carbons (Fsp3) is 0.647. The van der Waals surface area contributed by atoms with Gasteiger partial charge in [-0.05, 0) is 48.4 Å². The third-order valence-electron chi connectivity index (χ3n) is 5.43. The Morgan fingerprint density at radius 2 is 2.11 bits per heavy atom. The van der Waals surface area contributed by atoms with E-state index in [4.69, 9.17) is 10.5 Å². The first-order chi connectivity index (χ1) is 9.15. The maximum Gasteiger partial charge on any atom is 0.119 e. The summed E-state index contributed by atoms with van der Waals surface area (Å²) in [4.78, 5) is 0. The van der Waals surface area contributed by atoms with Crippen LogP contribution in [0.15, 0.2) is 18.2 Å². The Labute approximate surface area is 116 Å². The third kappa shape index (κ3) is 2.06. The van der Waals surface area contributed by atoms with Gasteiger partial charge in [-0.25, -0.2) is 0 Å². The van der Waals surface area contributed by atoms with E-state index in [0.717, 1.165) is 12.2 Å². The predicted molar refractivity (Wildman–Crippen MR) is 78.6 cm³/mol. The number of ether oxygens (including phenoxy) is 1. The normalized spacial score (nSPS) is 34.1. The zero-order valence-electron chi connectivity index (χ0n) is 12.1. The van der Waals surface area contributed by atoms with Crippen molar-refractivity contribution in [3.63, 3.8) is 0 Å². The highest BCUT2D eigenvalue weighted by molar-refractivity contribution is 5.44. The topological polar surface area (TPSA) is 35.2 Å². The number of methoxy groups -OCH3 is 1. The van der Waals surface area contributed by atoms with Gasteiger partial charge < -0.3 is 10.5 Å². The molecule has 1 fully saturated rings. The largest absolute Gasteiger partial charge is 0.497 e. The molecule has 2 bridgehead atoms. The van der Waals surface area contributed by atoms with Crippen LogP contribution in [-0.2, 0) is 11.8 Å². The molecule has 2 heteroatoms. The van der Waals surface area contributed by atoms with Crippen LogP contribution in [0.1, 0.15) is 50.2 Å². The summed E-state index contributed by atoms with van der Waals surface area (Å²) in [5, 5.41) is 0. The molecule has 0 radical (unpaired) electrons. The van der Waals surface area contributed by atoms with Gasteiger partial charge in [-0.1, -0.05) is 32.3 Å². The van der Waals surface area contributed by atoms with Crippen molar-refractivity contribution in [2.45, 2.75) is 56.9 Å². The van der Waals surface area contributed by atoms with Gasteiger partial charge in [0.1, 0.15) is 5.75 Å². The van der Waals surface area contributed by atoms with E-state index in [1.807, 2.05) is 0 Å². The summed E-state index contributed by atoms with van der Waals surface area (Å²) in [6, 6.07) is 6.88. The molecule has 0 amide bonds. The summed E-state index contributed by atoms with van der Waals surface area (Å²) in [7, 11) is 1.74. The van der Waals surface area contributed by atoms with E-state index in [0.29, 0.717) is 12.0 Å². The van der Waals surface area contributed by atoms with Gasteiger partial charge in [-0.3, -0.25) is 0 Å². The summed E-state index contributed by atoms with van der Waals surface area (Å²) in [6.07, 6.45) is 7.66. The molecule has 2 nitrogen and oxygen atoms in total. The van der Waals surface area contributed by atoms with Gasteiger partial charge >= 0.3 is 0 Å². The van der Waals surface area contributed by atoms with Gasteiger partial charge in [-0.2, -0.15) is 0 Å². The van der Waals surface area contributed by atoms with Gasteiger partial charge in [0, 0.05) is 11.5 Å². The predicted octanol–water partition coefficient (Wildman–Crippen LogP) is 3.42. The highest BCUT2D eigenvalue weighted by Gasteiger charge is 2.43. The number of benzene rings is 1. The van der Waals surface area contributed by atoms with E-state index >= 15 is 0 Å². The van der Waals surface area contributed by atoms with Gasteiger partial charge in [0.15, 0.2) is 0 Å². The van der Waals surface area contributed by atoms with Gasteiger partial charge in [0.2, 0.25) is 0 Å². The molecule has 19 heavy (non-hydrogen) atoms. The molecule has 0 heterocycles. The SMILES string of the molecule is COc1ccc2c(c1)[C@@]1(C)CCCCCC(C2)[C@H]1N. The van der Waals surface area contributed by atoms with E-state index < -0.39 is 0 Å². The minimum Gasteiger partial charge on any atom is -0.497 e. The summed E-state index contributed by atoms with van der Waals surface area (Å²) in [6.45, 7) is 2.37. The van der Waals surface area contributed by atoms with Crippen molar-refractivity contribution in [3.8, 4) is 5.75 Å². The van der Waals surface area contributed by atoms with Crippen molar-refractivity contribution >= 4 is 0 Å². The lowest BCUT2D eigenvalue weighted by atomic mass is 9.60. The summed E-state index contributed by atoms with van der Waals surface area (Å²) >= 11 is 0. The first-order valence-corrected chi connectivity index (χ1v) is 7.58. The minimum absolute atomic E-state index is 0.132. The Morgan fingerprint density at radius 3 is 2.89 bits per heavy atom. The highest BCUT2D eigenvalue weighted by Crippen LogP contribution is 2.46. The average molecular weight is 259 g/mol. The molecule has 1 unspecified atom stereocenters. The third-order valence-corrected chi connectivity index (χ3v) is 5.43. The first kappa shape index (κ1) is 13.0. The average Bonchev–Trinajstić information content (AvgIpc) is 2.43. The molecule has 0 spiro atoms. The van der Waals surface area contributed by atoms with Crippen molar-refractivity contribution in [2.24, 2.45) is 11.7 Å². The molecular weight excluding hydrogens is 234 g/mol. The molecule has 0 saturated heterocycles. The van der Waals surface area contributed by atoms with E-state index in [-0.39, 0.29) is 5.41 Å². The fourth-order valence-electron chi connectivity index (χ4n) is 4.16. The lowest BCUT2D eigenvalue weighted by Gasteiger charge is -2.47. The van der Waals surface area contributed by atoms with Crippen LogP contribution in [0.4, 0.5) is 0 Å². The molecule has 3 rings (SSSR count). The molecule has 1 saturated carbocycles. The van der Waals surface area contributed by atoms with Gasteiger partial charge in [-0.15, -0.1) is 0 Å². The van der Waals surface area contributed by atoms with Crippen molar-refractivity contribution in [3.05, 3.63) is 29.3 Å². The molecule has 1 aromatic rings. The van der Waals surface area contributed by atoms with Crippen molar-refractivity contribution in [1.82, 2.24) is 0 Å². The van der Waals surface area contributed by atoms with Crippen LogP contribution in [0.2, 0.25) is 0 Å². The van der Waals surface area contributed by atoms with Crippen LogP contribution in [0.5, 0.6) is 5.75 Å². The Bertz CT molecular complexity index is 470. The van der Waals surface area contributed by atoms with Crippen LogP contribution in [0.25, 0.3) is 0 Å². The lowest BCUT2D eigenvalue weighted by molar-refractivity contribution is 0.201. The van der Waals surface area contributed by atoms with Crippen LogP contribution >= 0.6 is 0 Å². The molecule has 2 aliphatic carbocycles. The maximum atomic E-state index is 6.65. The first-order valence-electron chi connectivity index (χ1n) is 7.58. The monoisotopic (exact) mass is 259 g/mol. The van der Waals surface area contributed by atoms with Crippen LogP contribution in [0, 0.1) is 5.92 Å². The number of hydrogen-bond donors (Lipinski definition) is 1. The molecule has 0 aliphatic heterocycles. The van der Waals surface area contributed by atoms with Gasteiger partial charge in [0.05, 0.1) is 7.11 Å². The standard InChI is InChI=1S/C17H25NO/c1-17-9-5-3-4-6-13(16(17)18)10-12-7-8-14(19-2)11-15(12)17/h7-8,11,13,16H,3-6,9-10,18H2,1-2H3/t13?,16-,17-/m1/s1. The van der Waals surface area contributed by atoms with Crippen LogP contribution in [0.3, 0.4) is 0 Å². The van der Waals surface area contributed by atoms with Crippen LogP contribution < -0.4 is 10.5 Å². The lowest BCUT2D eigenvalue weighted by Crippen LogP contribution is -2.52. The van der Waals surface area contributed by atoms with E-state index in [1.54, 1.807) is 7.11 Å². The summed E-state index contributed by atoms with van der Waals surface area (Å²) in [5.41, 5.74) is 9.72. The molecule has 3 atom stereocenters. The van der Waals surface area contributed by atoms with Gasteiger partial charge in [0.25, 0.3) is 0 Å². The molecule has 0 aromatic heterocycles. The molecule has 2 N–H and O–H groups in total. The zero-order chi connectivity index (χ0) is 13.5. The van der Waals surface area contributed by atoms with E-state index in [1.165, 1.54) is 43.2 Å². The second-order valence-electron chi connectivity index (χ2n) is 6.53. The number of nitrogens with two attached hydrogens (primary N) is 1. The quantitative estimate of drug-likeness (QED) is 0.838. The Kier molecular flexibility index (Phi) is 3.30. The second-order valence-corrected chi connectivity index (χ2v) is 6.53. The van der Waals surface area contributed by atoms with Crippen molar-refractivity contribution < 1.29 is 4.74 Å². The molecule has 104 valence electrons. The second kappa shape index (κ2) is 4.82. The van der Waals surface area contributed by atoms with Crippen molar-refractivity contribution in [1.29, 1.82) is 0 Å². The molecular formula is C17H25NO. The molecule has 2 aliphatic rings. The number of hydrogen-bond acceptors (Lipinski definition) is 2. The smallest absolute Gasteiger partial charge is 0.119 e. The van der Waals surface area contributed by atoms with E-state index in [9.17, 15) is 0 Å². The zero-order valence-corrected chi connectivity index (χ0v) is 12.1.